The summed E-state index contributed by atoms with van der Waals surface area (Å²) in [7, 11) is -0.924. The van der Waals surface area contributed by atoms with Gasteiger partial charge in [0.1, 0.15) is 12.4 Å². The number of carbonyl (C=O) groups is 2. The van der Waals surface area contributed by atoms with Crippen LogP contribution in [0.5, 0.6) is 0 Å². The highest BCUT2D eigenvalue weighted by molar-refractivity contribution is 7.89. The molecule has 1 fully saturated rings. The van der Waals surface area contributed by atoms with E-state index in [1.54, 1.807) is 35.2 Å². The van der Waals surface area contributed by atoms with E-state index in [4.69, 9.17) is 9.47 Å². The zero-order valence-electron chi connectivity index (χ0n) is 20.6. The van der Waals surface area contributed by atoms with Crippen LogP contribution in [0, 0.1) is 18.7 Å². The Hall–Kier alpha value is -2.87. The fourth-order valence-electron chi connectivity index (χ4n) is 4.10. The average molecular weight is 526 g/mol. The summed E-state index contributed by atoms with van der Waals surface area (Å²) in [5, 5.41) is 0. The standard InChI is InChI=1S/C23H32FN5O6S/c1-16-9-18(20-12-28(15-25-20)7-8-34-2)10-19(22(16)24)23(31)26-27-36(32,33)14-17-5-4-6-29(11-17)21(30)13-35-3/h9-10,12,15,17,27H,4-8,11,13-14H2,1-3H3,(H,26,31). The molecular formula is C23H32FN5O6S. The van der Waals surface area contributed by atoms with Crippen molar-refractivity contribution in [2.75, 3.05) is 46.3 Å². The molecule has 2 aromatic rings. The third-order valence-corrected chi connectivity index (χ3v) is 7.22. The number of likely N-dealkylation sites (tertiary alicyclic amines) is 1. The van der Waals surface area contributed by atoms with Crippen molar-refractivity contribution in [1.82, 2.24) is 24.7 Å². The molecule has 1 aliphatic rings. The summed E-state index contributed by atoms with van der Waals surface area (Å²) in [6, 6.07) is 2.90. The fourth-order valence-corrected chi connectivity index (χ4v) is 5.32. The van der Waals surface area contributed by atoms with Gasteiger partial charge in [-0.2, -0.15) is 0 Å². The molecule has 2 amide bonds. The number of hydrogen-bond donors (Lipinski definition) is 2. The quantitative estimate of drug-likeness (QED) is 0.420. The Morgan fingerprint density at radius 1 is 1.25 bits per heavy atom. The average Bonchev–Trinajstić information content (AvgIpc) is 3.32. The SMILES string of the molecule is COCCn1cnc(-c2cc(C)c(F)c(C(=O)NNS(=O)(=O)CC3CCCN(C(=O)COC)C3)c2)c1. The number of rotatable bonds is 11. The highest BCUT2D eigenvalue weighted by atomic mass is 32.2. The minimum absolute atomic E-state index is 0.0643. The molecule has 36 heavy (non-hydrogen) atoms. The van der Waals surface area contributed by atoms with Crippen molar-refractivity contribution in [1.29, 1.82) is 0 Å². The van der Waals surface area contributed by atoms with Gasteiger partial charge in [-0.05, 0) is 43.4 Å². The number of hydrogen-bond acceptors (Lipinski definition) is 7. The molecule has 1 atom stereocenters. The normalized spacial score (nSPS) is 16.2. The van der Waals surface area contributed by atoms with Gasteiger partial charge >= 0.3 is 0 Å². The first-order valence-corrected chi connectivity index (χ1v) is 13.2. The van der Waals surface area contributed by atoms with Crippen molar-refractivity contribution < 1.29 is 31.9 Å². The van der Waals surface area contributed by atoms with Crippen LogP contribution in [0.2, 0.25) is 0 Å². The van der Waals surface area contributed by atoms with Crippen LogP contribution in [0.1, 0.15) is 28.8 Å². The first kappa shape index (κ1) is 27.7. The molecule has 1 unspecified atom stereocenters. The van der Waals surface area contributed by atoms with Gasteiger partial charge in [0.25, 0.3) is 5.91 Å². The number of amides is 2. The zero-order valence-corrected chi connectivity index (χ0v) is 21.4. The Balaban J connectivity index is 1.65. The topological polar surface area (TPSA) is 132 Å². The lowest BCUT2D eigenvalue weighted by Crippen LogP contribution is -2.47. The van der Waals surface area contributed by atoms with E-state index in [1.807, 2.05) is 0 Å². The predicted octanol–water partition coefficient (Wildman–Crippen LogP) is 1.09. The summed E-state index contributed by atoms with van der Waals surface area (Å²) in [4.78, 5) is 32.7. The first-order valence-electron chi connectivity index (χ1n) is 11.5. The van der Waals surface area contributed by atoms with Crippen LogP contribution in [0.3, 0.4) is 0 Å². The molecule has 0 bridgehead atoms. The van der Waals surface area contributed by atoms with Crippen molar-refractivity contribution >= 4 is 21.8 Å². The van der Waals surface area contributed by atoms with E-state index >= 15 is 0 Å². The number of hydrazine groups is 1. The summed E-state index contributed by atoms with van der Waals surface area (Å²) in [5.74, 6) is -2.47. The maximum atomic E-state index is 14.8. The van der Waals surface area contributed by atoms with E-state index in [-0.39, 0.29) is 41.9 Å². The van der Waals surface area contributed by atoms with Gasteiger partial charge in [0, 0.05) is 45.6 Å². The first-order chi connectivity index (χ1) is 17.1. The summed E-state index contributed by atoms with van der Waals surface area (Å²) < 4.78 is 51.7. The predicted molar refractivity (Wildman–Crippen MR) is 130 cm³/mol. The van der Waals surface area contributed by atoms with Crippen molar-refractivity contribution in [2.45, 2.75) is 26.3 Å². The highest BCUT2D eigenvalue weighted by Gasteiger charge is 2.28. The van der Waals surface area contributed by atoms with Gasteiger partial charge in [0.05, 0.1) is 29.9 Å². The molecular weight excluding hydrogens is 493 g/mol. The van der Waals surface area contributed by atoms with Crippen LogP contribution < -0.4 is 10.3 Å². The molecule has 1 aliphatic heterocycles. The van der Waals surface area contributed by atoms with Gasteiger partial charge in [-0.15, -0.1) is 4.83 Å². The number of piperidine rings is 1. The molecule has 13 heteroatoms. The van der Waals surface area contributed by atoms with Crippen LogP contribution >= 0.6 is 0 Å². The summed E-state index contributed by atoms with van der Waals surface area (Å²) in [5.41, 5.74) is 3.06. The molecule has 0 saturated carbocycles. The Labute approximate surface area is 210 Å². The van der Waals surface area contributed by atoms with Gasteiger partial charge in [-0.3, -0.25) is 15.0 Å². The van der Waals surface area contributed by atoms with Gasteiger partial charge in [0.2, 0.25) is 15.9 Å². The molecule has 0 aliphatic carbocycles. The molecule has 3 rings (SSSR count). The molecule has 2 heterocycles. The van der Waals surface area contributed by atoms with E-state index in [9.17, 15) is 22.4 Å². The number of carbonyl (C=O) groups excluding carboxylic acids is 2. The molecule has 0 spiro atoms. The summed E-state index contributed by atoms with van der Waals surface area (Å²) in [6.45, 7) is 3.35. The van der Waals surface area contributed by atoms with Crippen molar-refractivity contribution in [3.8, 4) is 11.3 Å². The third-order valence-electron chi connectivity index (χ3n) is 5.90. The lowest BCUT2D eigenvalue weighted by atomic mass is 10.0. The zero-order chi connectivity index (χ0) is 26.3. The Morgan fingerprint density at radius 2 is 2.03 bits per heavy atom. The van der Waals surface area contributed by atoms with Crippen molar-refractivity contribution in [2.24, 2.45) is 5.92 Å². The van der Waals surface area contributed by atoms with Gasteiger partial charge in [0.15, 0.2) is 0 Å². The number of sulfonamides is 1. The number of benzene rings is 1. The number of ether oxygens (including phenoxy) is 2. The Kier molecular flexibility index (Phi) is 9.54. The molecule has 198 valence electrons. The van der Waals surface area contributed by atoms with Crippen molar-refractivity contribution in [3.05, 3.63) is 41.6 Å². The maximum Gasteiger partial charge on any atom is 0.269 e. The number of nitrogens with zero attached hydrogens (tertiary/aromatic N) is 3. The number of imidazole rings is 1. The summed E-state index contributed by atoms with van der Waals surface area (Å²) >= 11 is 0. The monoisotopic (exact) mass is 525 g/mol. The molecule has 1 aromatic heterocycles. The van der Waals surface area contributed by atoms with E-state index in [0.717, 1.165) is 0 Å². The number of halogens is 1. The van der Waals surface area contributed by atoms with Crippen LogP contribution in [-0.4, -0.2) is 81.0 Å². The van der Waals surface area contributed by atoms with Gasteiger partial charge in [-0.25, -0.2) is 17.8 Å². The van der Waals surface area contributed by atoms with E-state index in [0.29, 0.717) is 43.8 Å². The molecule has 1 saturated heterocycles. The smallest absolute Gasteiger partial charge is 0.269 e. The van der Waals surface area contributed by atoms with E-state index in [1.165, 1.54) is 20.1 Å². The molecule has 2 N–H and O–H groups in total. The van der Waals surface area contributed by atoms with Crippen LogP contribution in [0.4, 0.5) is 4.39 Å². The second-order valence-corrected chi connectivity index (χ2v) is 10.5. The maximum absolute atomic E-state index is 14.8. The minimum Gasteiger partial charge on any atom is -0.383 e. The third kappa shape index (κ3) is 7.32. The lowest BCUT2D eigenvalue weighted by molar-refractivity contribution is -0.136. The fraction of sp³-hybridized carbons (Fsp3) is 0.522. The second kappa shape index (κ2) is 12.4. The van der Waals surface area contributed by atoms with Crippen LogP contribution in [-0.2, 0) is 30.8 Å². The summed E-state index contributed by atoms with van der Waals surface area (Å²) in [6.07, 6.45) is 4.65. The van der Waals surface area contributed by atoms with E-state index < -0.39 is 21.7 Å². The van der Waals surface area contributed by atoms with Crippen LogP contribution in [0.15, 0.2) is 24.7 Å². The van der Waals surface area contributed by atoms with E-state index in [2.05, 4.69) is 15.2 Å². The number of methoxy groups -OCH3 is 2. The molecule has 1 aromatic carbocycles. The van der Waals surface area contributed by atoms with Gasteiger partial charge in [-0.1, -0.05) is 0 Å². The van der Waals surface area contributed by atoms with Crippen molar-refractivity contribution in [3.63, 3.8) is 0 Å². The minimum atomic E-state index is -3.94. The molecule has 0 radical (unpaired) electrons. The van der Waals surface area contributed by atoms with Gasteiger partial charge < -0.3 is 18.9 Å². The Morgan fingerprint density at radius 3 is 2.75 bits per heavy atom. The molecule has 11 nitrogen and oxygen atoms in total. The number of aromatic nitrogens is 2. The number of nitrogens with one attached hydrogen (secondary N) is 2. The number of aryl methyl sites for hydroxylation is 1. The highest BCUT2D eigenvalue weighted by Crippen LogP contribution is 2.24. The Bertz CT molecular complexity index is 1190. The van der Waals surface area contributed by atoms with Crippen LogP contribution in [0.25, 0.3) is 11.3 Å². The lowest BCUT2D eigenvalue weighted by Gasteiger charge is -2.32. The largest absolute Gasteiger partial charge is 0.383 e. The second-order valence-electron chi connectivity index (χ2n) is 8.76.